The molecule has 2 aromatic rings. The highest BCUT2D eigenvalue weighted by atomic mass is 16.3. The lowest BCUT2D eigenvalue weighted by Crippen LogP contribution is -1.85. The Bertz CT molecular complexity index is 530. The Morgan fingerprint density at radius 1 is 0.706 bits per heavy atom. The molecule has 2 rings (SSSR count). The SMILES string of the molecule is Cc1cc(-c2cc(O)cc(O)c2)cc(O)c1C. The minimum absolute atomic E-state index is 0.00211. The lowest BCUT2D eigenvalue weighted by atomic mass is 9.99. The first-order valence-electron chi connectivity index (χ1n) is 5.31. The summed E-state index contributed by atoms with van der Waals surface area (Å²) < 4.78 is 0. The van der Waals surface area contributed by atoms with Crippen LogP contribution in [-0.2, 0) is 0 Å². The second-order valence-electron chi connectivity index (χ2n) is 4.18. The number of phenolic OH excluding ortho intramolecular Hbond substituents is 3. The van der Waals surface area contributed by atoms with Crippen LogP contribution in [0.5, 0.6) is 17.2 Å². The Balaban J connectivity index is 2.60. The summed E-state index contributed by atoms with van der Waals surface area (Å²) in [4.78, 5) is 0. The second kappa shape index (κ2) is 4.01. The van der Waals surface area contributed by atoms with Crippen molar-refractivity contribution in [2.75, 3.05) is 0 Å². The van der Waals surface area contributed by atoms with Gasteiger partial charge in [0.05, 0.1) is 0 Å². The van der Waals surface area contributed by atoms with E-state index in [2.05, 4.69) is 0 Å². The van der Waals surface area contributed by atoms with E-state index in [1.165, 1.54) is 6.07 Å². The molecule has 17 heavy (non-hydrogen) atoms. The van der Waals surface area contributed by atoms with E-state index in [1.54, 1.807) is 18.2 Å². The summed E-state index contributed by atoms with van der Waals surface area (Å²) in [5.74, 6) is 0.207. The van der Waals surface area contributed by atoms with Crippen molar-refractivity contribution in [1.29, 1.82) is 0 Å². The fraction of sp³-hybridized carbons (Fsp3) is 0.143. The third-order valence-electron chi connectivity index (χ3n) is 2.88. The van der Waals surface area contributed by atoms with Crippen molar-refractivity contribution in [2.45, 2.75) is 13.8 Å². The molecule has 0 aliphatic rings. The third kappa shape index (κ3) is 2.18. The normalized spacial score (nSPS) is 10.5. The summed E-state index contributed by atoms with van der Waals surface area (Å²) in [6.07, 6.45) is 0. The van der Waals surface area contributed by atoms with Crippen LogP contribution in [0, 0.1) is 13.8 Å². The lowest BCUT2D eigenvalue weighted by molar-refractivity contribution is 0.451. The number of phenols is 3. The average molecular weight is 230 g/mol. The molecule has 0 aliphatic carbocycles. The first-order chi connectivity index (χ1) is 7.97. The summed E-state index contributed by atoms with van der Waals surface area (Å²) >= 11 is 0. The molecule has 0 saturated heterocycles. The first kappa shape index (κ1) is 11.3. The predicted octanol–water partition coefficient (Wildman–Crippen LogP) is 3.09. The molecule has 0 heterocycles. The molecule has 0 atom stereocenters. The third-order valence-corrected chi connectivity index (χ3v) is 2.88. The van der Waals surface area contributed by atoms with E-state index < -0.39 is 0 Å². The Morgan fingerprint density at radius 2 is 1.24 bits per heavy atom. The zero-order chi connectivity index (χ0) is 12.6. The van der Waals surface area contributed by atoms with Gasteiger partial charge >= 0.3 is 0 Å². The summed E-state index contributed by atoms with van der Waals surface area (Å²) in [7, 11) is 0. The van der Waals surface area contributed by atoms with Crippen LogP contribution >= 0.6 is 0 Å². The smallest absolute Gasteiger partial charge is 0.119 e. The van der Waals surface area contributed by atoms with E-state index in [9.17, 15) is 15.3 Å². The Hall–Kier alpha value is -2.16. The van der Waals surface area contributed by atoms with Crippen LogP contribution in [0.3, 0.4) is 0 Å². The highest BCUT2D eigenvalue weighted by Crippen LogP contribution is 2.32. The van der Waals surface area contributed by atoms with Crippen LogP contribution in [0.2, 0.25) is 0 Å². The standard InChI is InChI=1S/C14H14O3/c1-8-3-10(6-14(17)9(8)2)11-4-12(15)7-13(16)5-11/h3-7,15-17H,1-2H3. The topological polar surface area (TPSA) is 60.7 Å². The fourth-order valence-electron chi connectivity index (χ4n) is 1.77. The van der Waals surface area contributed by atoms with Gasteiger partial charge in [0.2, 0.25) is 0 Å². The molecule has 3 heteroatoms. The monoisotopic (exact) mass is 230 g/mol. The number of hydrogen-bond donors (Lipinski definition) is 3. The molecule has 0 bridgehead atoms. The van der Waals surface area contributed by atoms with Crippen molar-refractivity contribution in [3.63, 3.8) is 0 Å². The van der Waals surface area contributed by atoms with Crippen molar-refractivity contribution in [1.82, 2.24) is 0 Å². The predicted molar refractivity (Wildman–Crippen MR) is 66.3 cm³/mol. The number of rotatable bonds is 1. The fourth-order valence-corrected chi connectivity index (χ4v) is 1.77. The Labute approximate surface area is 99.6 Å². The van der Waals surface area contributed by atoms with Crippen LogP contribution in [0.25, 0.3) is 11.1 Å². The van der Waals surface area contributed by atoms with Gasteiger partial charge in [-0.1, -0.05) is 6.07 Å². The van der Waals surface area contributed by atoms with Crippen molar-refractivity contribution in [3.8, 4) is 28.4 Å². The van der Waals surface area contributed by atoms with E-state index >= 15 is 0 Å². The van der Waals surface area contributed by atoms with Gasteiger partial charge in [-0.15, -0.1) is 0 Å². The van der Waals surface area contributed by atoms with Crippen LogP contribution in [0.1, 0.15) is 11.1 Å². The van der Waals surface area contributed by atoms with Crippen LogP contribution in [-0.4, -0.2) is 15.3 Å². The lowest BCUT2D eigenvalue weighted by Gasteiger charge is -2.09. The molecule has 2 aromatic carbocycles. The highest BCUT2D eigenvalue weighted by molar-refractivity contribution is 5.70. The van der Waals surface area contributed by atoms with Gasteiger partial charge < -0.3 is 15.3 Å². The number of benzene rings is 2. The van der Waals surface area contributed by atoms with Crippen LogP contribution in [0.15, 0.2) is 30.3 Å². The minimum Gasteiger partial charge on any atom is -0.508 e. The van der Waals surface area contributed by atoms with Gasteiger partial charge in [-0.2, -0.15) is 0 Å². The molecule has 0 amide bonds. The summed E-state index contributed by atoms with van der Waals surface area (Å²) in [5, 5.41) is 28.6. The van der Waals surface area contributed by atoms with Crippen molar-refractivity contribution >= 4 is 0 Å². The average Bonchev–Trinajstić information content (AvgIpc) is 2.23. The van der Waals surface area contributed by atoms with Crippen molar-refractivity contribution < 1.29 is 15.3 Å². The first-order valence-corrected chi connectivity index (χ1v) is 5.31. The zero-order valence-corrected chi connectivity index (χ0v) is 9.73. The van der Waals surface area contributed by atoms with Gasteiger partial charge in [-0.05, 0) is 54.3 Å². The molecular weight excluding hydrogens is 216 g/mol. The zero-order valence-electron chi connectivity index (χ0n) is 9.73. The number of aromatic hydroxyl groups is 3. The Kier molecular flexibility index (Phi) is 2.68. The summed E-state index contributed by atoms with van der Waals surface area (Å²) in [6, 6.07) is 7.89. The molecule has 0 saturated carbocycles. The maximum atomic E-state index is 9.76. The van der Waals surface area contributed by atoms with E-state index in [0.29, 0.717) is 5.56 Å². The molecular formula is C14H14O3. The van der Waals surface area contributed by atoms with E-state index in [4.69, 9.17) is 0 Å². The molecule has 3 nitrogen and oxygen atoms in total. The largest absolute Gasteiger partial charge is 0.508 e. The maximum Gasteiger partial charge on any atom is 0.119 e. The van der Waals surface area contributed by atoms with Crippen molar-refractivity contribution in [3.05, 3.63) is 41.5 Å². The van der Waals surface area contributed by atoms with E-state index in [1.807, 2.05) is 19.9 Å². The second-order valence-corrected chi connectivity index (χ2v) is 4.18. The summed E-state index contributed by atoms with van der Waals surface area (Å²) in [5.41, 5.74) is 3.22. The molecule has 0 aliphatic heterocycles. The molecule has 0 spiro atoms. The van der Waals surface area contributed by atoms with Gasteiger partial charge in [0.25, 0.3) is 0 Å². The highest BCUT2D eigenvalue weighted by Gasteiger charge is 2.07. The van der Waals surface area contributed by atoms with Crippen LogP contribution in [0.4, 0.5) is 0 Å². The quantitative estimate of drug-likeness (QED) is 0.705. The van der Waals surface area contributed by atoms with E-state index in [0.717, 1.165) is 16.7 Å². The van der Waals surface area contributed by atoms with Gasteiger partial charge in [-0.3, -0.25) is 0 Å². The molecule has 0 radical (unpaired) electrons. The van der Waals surface area contributed by atoms with E-state index in [-0.39, 0.29) is 17.2 Å². The minimum atomic E-state index is -0.00211. The molecule has 3 N–H and O–H groups in total. The number of hydrogen-bond acceptors (Lipinski definition) is 3. The molecule has 0 fully saturated rings. The van der Waals surface area contributed by atoms with Gasteiger partial charge in [0.15, 0.2) is 0 Å². The number of aryl methyl sites for hydroxylation is 1. The van der Waals surface area contributed by atoms with Crippen molar-refractivity contribution in [2.24, 2.45) is 0 Å². The summed E-state index contributed by atoms with van der Waals surface area (Å²) in [6.45, 7) is 3.75. The molecule has 0 aromatic heterocycles. The molecule has 0 unspecified atom stereocenters. The van der Waals surface area contributed by atoms with Gasteiger partial charge in [0, 0.05) is 6.07 Å². The van der Waals surface area contributed by atoms with Crippen LogP contribution < -0.4 is 0 Å². The molecule has 88 valence electrons. The Morgan fingerprint density at radius 3 is 1.76 bits per heavy atom. The van der Waals surface area contributed by atoms with Gasteiger partial charge in [-0.25, -0.2) is 0 Å². The van der Waals surface area contributed by atoms with Gasteiger partial charge in [0.1, 0.15) is 17.2 Å². The maximum absolute atomic E-state index is 9.76.